The van der Waals surface area contributed by atoms with Crippen LogP contribution in [0, 0.1) is 0 Å². The van der Waals surface area contributed by atoms with Crippen LogP contribution in [0.25, 0.3) is 0 Å². The Kier molecular flexibility index (Phi) is 3.81. The molecule has 0 radical (unpaired) electrons. The van der Waals surface area contributed by atoms with E-state index in [1.54, 1.807) is 7.11 Å². The molecule has 1 saturated carbocycles. The van der Waals surface area contributed by atoms with Gasteiger partial charge in [0, 0.05) is 19.6 Å². The zero-order valence-corrected chi connectivity index (χ0v) is 14.6. The zero-order valence-electron chi connectivity index (χ0n) is 14.6. The minimum atomic E-state index is -0.513. The van der Waals surface area contributed by atoms with E-state index in [9.17, 15) is 4.79 Å². The van der Waals surface area contributed by atoms with E-state index < -0.39 is 5.60 Å². The third kappa shape index (κ3) is 2.80. The molecule has 2 heterocycles. The normalized spacial score (nSPS) is 25.2. The fourth-order valence-corrected chi connectivity index (χ4v) is 3.99. The van der Waals surface area contributed by atoms with Gasteiger partial charge < -0.3 is 19.3 Å². The number of rotatable bonds is 3. The first-order valence-corrected chi connectivity index (χ1v) is 8.85. The first-order valence-electron chi connectivity index (χ1n) is 8.85. The summed E-state index contributed by atoms with van der Waals surface area (Å²) in [4.78, 5) is 17.3. The van der Waals surface area contributed by atoms with Crippen LogP contribution in [0.3, 0.4) is 0 Å². The van der Waals surface area contributed by atoms with Gasteiger partial charge in [-0.3, -0.25) is 4.79 Å². The highest BCUT2D eigenvalue weighted by Gasteiger charge is 2.61. The summed E-state index contributed by atoms with van der Waals surface area (Å²) in [6, 6.07) is 8.00. The lowest BCUT2D eigenvalue weighted by atomic mass is 9.88. The fraction of sp³-hybridized carbons (Fsp3) is 0.632. The maximum atomic E-state index is 12.9. The van der Waals surface area contributed by atoms with Gasteiger partial charge in [-0.05, 0) is 50.4 Å². The zero-order chi connectivity index (χ0) is 16.8. The van der Waals surface area contributed by atoms with Crippen molar-refractivity contribution < 1.29 is 14.3 Å². The predicted octanol–water partition coefficient (Wildman–Crippen LogP) is 2.05. The molecule has 1 aliphatic carbocycles. The van der Waals surface area contributed by atoms with E-state index in [1.807, 2.05) is 29.2 Å². The molecule has 130 valence electrons. The summed E-state index contributed by atoms with van der Waals surface area (Å²) >= 11 is 0. The van der Waals surface area contributed by atoms with E-state index in [0.717, 1.165) is 50.1 Å². The highest BCUT2D eigenvalue weighted by Crippen LogP contribution is 2.50. The fourth-order valence-electron chi connectivity index (χ4n) is 3.99. The van der Waals surface area contributed by atoms with Gasteiger partial charge >= 0.3 is 0 Å². The molecule has 24 heavy (non-hydrogen) atoms. The molecule has 2 aliphatic heterocycles. The summed E-state index contributed by atoms with van der Waals surface area (Å²) in [7, 11) is 3.82. The van der Waals surface area contributed by atoms with Crippen molar-refractivity contribution in [2.24, 2.45) is 0 Å². The van der Waals surface area contributed by atoms with Gasteiger partial charge in [0.05, 0.1) is 19.3 Å². The number of morpholine rings is 1. The average molecular weight is 330 g/mol. The highest BCUT2D eigenvalue weighted by atomic mass is 16.5. The molecule has 5 heteroatoms. The third-order valence-electron chi connectivity index (χ3n) is 5.70. The Labute approximate surface area is 143 Å². The second-order valence-corrected chi connectivity index (χ2v) is 7.59. The van der Waals surface area contributed by atoms with Crippen LogP contribution in [0.4, 0.5) is 0 Å². The molecule has 4 rings (SSSR count). The van der Waals surface area contributed by atoms with Crippen molar-refractivity contribution in [1.82, 2.24) is 9.80 Å². The Morgan fingerprint density at radius 3 is 2.38 bits per heavy atom. The van der Waals surface area contributed by atoms with Gasteiger partial charge in [0.1, 0.15) is 11.4 Å². The number of nitrogens with zero attached hydrogens (tertiary/aromatic N) is 2. The molecule has 2 spiro atoms. The van der Waals surface area contributed by atoms with Crippen molar-refractivity contribution >= 4 is 5.91 Å². The first-order chi connectivity index (χ1) is 11.5. The number of hydrogen-bond acceptors (Lipinski definition) is 4. The number of hydrogen-bond donors (Lipinski definition) is 0. The number of likely N-dealkylation sites (tertiary alicyclic amines) is 1. The second-order valence-electron chi connectivity index (χ2n) is 7.59. The molecule has 1 amide bonds. The standard InChI is InChI=1S/C19H26N2O3/c1-20-11-9-18(10-12-20)14-21(17(22)19(24-18)7-8-19)13-15-3-5-16(23-2)6-4-15/h3-6H,7-14H2,1-2H3. The van der Waals surface area contributed by atoms with Crippen LogP contribution in [0.2, 0.25) is 0 Å². The molecule has 3 fully saturated rings. The number of piperidine rings is 1. The van der Waals surface area contributed by atoms with Gasteiger partial charge in [-0.2, -0.15) is 0 Å². The van der Waals surface area contributed by atoms with Gasteiger partial charge in [0.25, 0.3) is 5.91 Å². The highest BCUT2D eigenvalue weighted by molar-refractivity contribution is 5.89. The molecular weight excluding hydrogens is 304 g/mol. The summed E-state index contributed by atoms with van der Waals surface area (Å²) in [5.41, 5.74) is 0.481. The molecule has 0 atom stereocenters. The average Bonchev–Trinajstić information content (AvgIpc) is 3.36. The number of carbonyl (C=O) groups is 1. The Bertz CT molecular complexity index is 616. The lowest BCUT2D eigenvalue weighted by Crippen LogP contribution is -2.62. The van der Waals surface area contributed by atoms with Crippen LogP contribution in [-0.2, 0) is 16.1 Å². The Balaban J connectivity index is 1.53. The topological polar surface area (TPSA) is 42.0 Å². The summed E-state index contributed by atoms with van der Waals surface area (Å²) in [6.07, 6.45) is 3.78. The first kappa shape index (κ1) is 15.9. The summed E-state index contributed by atoms with van der Waals surface area (Å²) in [5.74, 6) is 1.03. The molecule has 1 aromatic carbocycles. The number of amides is 1. The van der Waals surface area contributed by atoms with E-state index in [-0.39, 0.29) is 11.5 Å². The van der Waals surface area contributed by atoms with E-state index in [0.29, 0.717) is 13.1 Å². The molecule has 0 unspecified atom stereocenters. The molecular formula is C19H26N2O3. The molecule has 2 saturated heterocycles. The van der Waals surface area contributed by atoms with Crippen LogP contribution >= 0.6 is 0 Å². The minimum absolute atomic E-state index is 0.149. The maximum absolute atomic E-state index is 12.9. The number of benzene rings is 1. The Morgan fingerprint density at radius 2 is 1.79 bits per heavy atom. The van der Waals surface area contributed by atoms with E-state index in [1.165, 1.54) is 0 Å². The Morgan fingerprint density at radius 1 is 1.12 bits per heavy atom. The molecule has 3 aliphatic rings. The van der Waals surface area contributed by atoms with Gasteiger partial charge in [-0.25, -0.2) is 0 Å². The van der Waals surface area contributed by atoms with Crippen molar-refractivity contribution in [3.8, 4) is 5.75 Å². The summed E-state index contributed by atoms with van der Waals surface area (Å²) in [5, 5.41) is 0. The smallest absolute Gasteiger partial charge is 0.255 e. The monoisotopic (exact) mass is 330 g/mol. The van der Waals surface area contributed by atoms with E-state index in [2.05, 4.69) is 11.9 Å². The van der Waals surface area contributed by atoms with Crippen LogP contribution < -0.4 is 4.74 Å². The number of methoxy groups -OCH3 is 1. The quantitative estimate of drug-likeness (QED) is 0.851. The lowest BCUT2D eigenvalue weighted by molar-refractivity contribution is -0.201. The van der Waals surface area contributed by atoms with Crippen molar-refractivity contribution in [1.29, 1.82) is 0 Å². The van der Waals surface area contributed by atoms with Crippen molar-refractivity contribution in [3.05, 3.63) is 29.8 Å². The van der Waals surface area contributed by atoms with Gasteiger partial charge in [-0.15, -0.1) is 0 Å². The molecule has 0 aromatic heterocycles. The summed E-state index contributed by atoms with van der Waals surface area (Å²) in [6.45, 7) is 3.46. The van der Waals surface area contributed by atoms with Crippen molar-refractivity contribution in [3.63, 3.8) is 0 Å². The second kappa shape index (κ2) is 5.74. The van der Waals surface area contributed by atoms with Crippen molar-refractivity contribution in [2.75, 3.05) is 33.8 Å². The molecule has 1 aromatic rings. The molecule has 5 nitrogen and oxygen atoms in total. The number of carbonyl (C=O) groups excluding carboxylic acids is 1. The van der Waals surface area contributed by atoms with Crippen LogP contribution in [0.15, 0.2) is 24.3 Å². The largest absolute Gasteiger partial charge is 0.497 e. The van der Waals surface area contributed by atoms with Crippen LogP contribution in [0.1, 0.15) is 31.2 Å². The third-order valence-corrected chi connectivity index (χ3v) is 5.70. The van der Waals surface area contributed by atoms with Crippen LogP contribution in [0.5, 0.6) is 5.75 Å². The molecule has 0 bridgehead atoms. The summed E-state index contributed by atoms with van der Waals surface area (Å²) < 4.78 is 11.7. The van der Waals surface area contributed by atoms with Crippen molar-refractivity contribution in [2.45, 2.75) is 43.4 Å². The predicted molar refractivity (Wildman–Crippen MR) is 90.9 cm³/mol. The van der Waals surface area contributed by atoms with E-state index >= 15 is 0 Å². The van der Waals surface area contributed by atoms with E-state index in [4.69, 9.17) is 9.47 Å². The van der Waals surface area contributed by atoms with Gasteiger partial charge in [-0.1, -0.05) is 12.1 Å². The van der Waals surface area contributed by atoms with Gasteiger partial charge in [0.15, 0.2) is 0 Å². The number of ether oxygens (including phenoxy) is 2. The van der Waals surface area contributed by atoms with Crippen LogP contribution in [-0.4, -0.2) is 60.7 Å². The minimum Gasteiger partial charge on any atom is -0.497 e. The molecule has 0 N–H and O–H groups in total. The lowest BCUT2D eigenvalue weighted by Gasteiger charge is -2.49. The Hall–Kier alpha value is -1.59. The maximum Gasteiger partial charge on any atom is 0.255 e. The van der Waals surface area contributed by atoms with Gasteiger partial charge in [0.2, 0.25) is 0 Å². The SMILES string of the molecule is COc1ccc(CN2CC3(CCN(C)CC3)OC3(CC3)C2=O)cc1.